The van der Waals surface area contributed by atoms with Crippen molar-refractivity contribution in [2.24, 2.45) is 11.8 Å². The van der Waals surface area contributed by atoms with Crippen LogP contribution in [0.1, 0.15) is 41.0 Å². The first-order valence-corrected chi connectivity index (χ1v) is 6.49. The number of rotatable bonds is 4. The summed E-state index contributed by atoms with van der Waals surface area (Å²) in [5.41, 5.74) is 0. The zero-order valence-corrected chi connectivity index (χ0v) is 11.5. The average molecular weight is 240 g/mol. The number of piperazine rings is 1. The van der Waals surface area contributed by atoms with Crippen molar-refractivity contribution in [2.75, 3.05) is 6.54 Å². The summed E-state index contributed by atoms with van der Waals surface area (Å²) in [6.45, 7) is 10.7. The third kappa shape index (κ3) is 2.99. The first kappa shape index (κ1) is 14.0. The van der Waals surface area contributed by atoms with Gasteiger partial charge < -0.3 is 10.2 Å². The molecule has 1 saturated heterocycles. The molecule has 1 N–H and O–H groups in total. The molecule has 1 aliphatic rings. The summed E-state index contributed by atoms with van der Waals surface area (Å²) in [6.07, 6.45) is 0.657. The van der Waals surface area contributed by atoms with E-state index in [0.717, 1.165) is 0 Å². The summed E-state index contributed by atoms with van der Waals surface area (Å²) >= 11 is 0. The number of amides is 2. The molecule has 1 rings (SSSR count). The second kappa shape index (κ2) is 5.52. The van der Waals surface area contributed by atoms with Gasteiger partial charge in [0.1, 0.15) is 12.1 Å². The zero-order chi connectivity index (χ0) is 13.2. The molecule has 0 spiro atoms. The van der Waals surface area contributed by atoms with Crippen LogP contribution in [0.4, 0.5) is 0 Å². The Kier molecular flexibility index (Phi) is 4.54. The van der Waals surface area contributed by atoms with E-state index < -0.39 is 0 Å². The second-order valence-corrected chi connectivity index (χ2v) is 5.54. The Morgan fingerprint density at radius 2 is 1.82 bits per heavy atom. The van der Waals surface area contributed by atoms with E-state index >= 15 is 0 Å². The van der Waals surface area contributed by atoms with Crippen molar-refractivity contribution in [3.05, 3.63) is 0 Å². The lowest BCUT2D eigenvalue weighted by Crippen LogP contribution is -2.65. The fraction of sp³-hybridized carbons (Fsp3) is 0.846. The molecule has 0 aliphatic carbocycles. The molecule has 4 nitrogen and oxygen atoms in total. The number of nitrogens with one attached hydrogen (secondary N) is 1. The van der Waals surface area contributed by atoms with Gasteiger partial charge in [0.25, 0.3) is 0 Å². The molecule has 2 unspecified atom stereocenters. The highest BCUT2D eigenvalue weighted by Crippen LogP contribution is 2.19. The number of nitrogens with zero attached hydrogens (tertiary/aromatic N) is 1. The van der Waals surface area contributed by atoms with Crippen molar-refractivity contribution in [1.82, 2.24) is 10.2 Å². The highest BCUT2D eigenvalue weighted by Gasteiger charge is 2.41. The SMILES string of the molecule is CCC1NC(=O)C(C(C)C)N(CC(C)C)C1=O. The van der Waals surface area contributed by atoms with Gasteiger partial charge in [-0.2, -0.15) is 0 Å². The van der Waals surface area contributed by atoms with Crippen LogP contribution in [0.3, 0.4) is 0 Å². The van der Waals surface area contributed by atoms with E-state index in [1.54, 1.807) is 4.90 Å². The smallest absolute Gasteiger partial charge is 0.245 e. The number of carbonyl (C=O) groups is 2. The number of hydrogen-bond acceptors (Lipinski definition) is 2. The van der Waals surface area contributed by atoms with E-state index in [4.69, 9.17) is 0 Å². The van der Waals surface area contributed by atoms with Crippen LogP contribution < -0.4 is 5.32 Å². The van der Waals surface area contributed by atoms with E-state index in [9.17, 15) is 9.59 Å². The van der Waals surface area contributed by atoms with Crippen molar-refractivity contribution in [2.45, 2.75) is 53.1 Å². The van der Waals surface area contributed by atoms with E-state index in [1.807, 2.05) is 20.8 Å². The predicted octanol–water partition coefficient (Wildman–Crippen LogP) is 1.40. The Morgan fingerprint density at radius 1 is 1.24 bits per heavy atom. The van der Waals surface area contributed by atoms with Gasteiger partial charge in [-0.1, -0.05) is 34.6 Å². The first-order chi connectivity index (χ1) is 7.88. The van der Waals surface area contributed by atoms with Crippen molar-refractivity contribution in [3.8, 4) is 0 Å². The van der Waals surface area contributed by atoms with Crippen LogP contribution >= 0.6 is 0 Å². The predicted molar refractivity (Wildman–Crippen MR) is 67.4 cm³/mol. The molecular formula is C13H24N2O2. The molecule has 0 bridgehead atoms. The minimum atomic E-state index is -0.337. The second-order valence-electron chi connectivity index (χ2n) is 5.54. The summed E-state index contributed by atoms with van der Waals surface area (Å²) in [7, 11) is 0. The van der Waals surface area contributed by atoms with Crippen LogP contribution in [0.15, 0.2) is 0 Å². The highest BCUT2D eigenvalue weighted by molar-refractivity contribution is 5.97. The Hall–Kier alpha value is -1.06. The van der Waals surface area contributed by atoms with Gasteiger partial charge in [-0.05, 0) is 18.3 Å². The summed E-state index contributed by atoms with van der Waals surface area (Å²) in [6, 6.07) is -0.649. The maximum absolute atomic E-state index is 12.3. The Morgan fingerprint density at radius 3 is 2.24 bits per heavy atom. The van der Waals surface area contributed by atoms with Gasteiger partial charge in [0.2, 0.25) is 11.8 Å². The molecule has 0 aromatic heterocycles. The largest absolute Gasteiger partial charge is 0.343 e. The van der Waals surface area contributed by atoms with Crippen molar-refractivity contribution >= 4 is 11.8 Å². The standard InChI is InChI=1S/C13H24N2O2/c1-6-10-13(17)15(7-8(2)3)11(9(4)5)12(16)14-10/h8-11H,6-7H2,1-5H3,(H,14,16). The van der Waals surface area contributed by atoms with Crippen molar-refractivity contribution in [3.63, 3.8) is 0 Å². The highest BCUT2D eigenvalue weighted by atomic mass is 16.2. The normalized spacial score (nSPS) is 25.7. The van der Waals surface area contributed by atoms with Gasteiger partial charge in [0.05, 0.1) is 0 Å². The molecule has 0 aromatic carbocycles. The molecular weight excluding hydrogens is 216 g/mol. The minimum absolute atomic E-state index is 0.00731. The number of hydrogen-bond donors (Lipinski definition) is 1. The van der Waals surface area contributed by atoms with Crippen molar-refractivity contribution in [1.29, 1.82) is 0 Å². The van der Waals surface area contributed by atoms with E-state index in [1.165, 1.54) is 0 Å². The molecule has 1 fully saturated rings. The summed E-state index contributed by atoms with van der Waals surface area (Å²) < 4.78 is 0. The first-order valence-electron chi connectivity index (χ1n) is 6.49. The molecule has 1 heterocycles. The lowest BCUT2D eigenvalue weighted by Gasteiger charge is -2.41. The van der Waals surface area contributed by atoms with Gasteiger partial charge in [0, 0.05) is 6.54 Å². The summed E-state index contributed by atoms with van der Waals surface area (Å²) in [4.78, 5) is 26.1. The molecule has 17 heavy (non-hydrogen) atoms. The summed E-state index contributed by atoms with van der Waals surface area (Å²) in [5, 5.41) is 2.82. The average Bonchev–Trinajstić information content (AvgIpc) is 2.21. The van der Waals surface area contributed by atoms with Gasteiger partial charge in [-0.25, -0.2) is 0 Å². The third-order valence-corrected chi connectivity index (χ3v) is 3.10. The third-order valence-electron chi connectivity index (χ3n) is 3.10. The number of carbonyl (C=O) groups excluding carboxylic acids is 2. The fourth-order valence-electron chi connectivity index (χ4n) is 2.33. The Balaban J connectivity index is 2.95. The van der Waals surface area contributed by atoms with Crippen LogP contribution in [0.2, 0.25) is 0 Å². The van der Waals surface area contributed by atoms with Crippen molar-refractivity contribution < 1.29 is 9.59 Å². The summed E-state index contributed by atoms with van der Waals surface area (Å²) in [5.74, 6) is 0.589. The van der Waals surface area contributed by atoms with Gasteiger partial charge in [-0.3, -0.25) is 9.59 Å². The molecule has 98 valence electrons. The maximum Gasteiger partial charge on any atom is 0.245 e. The lowest BCUT2D eigenvalue weighted by atomic mass is 9.95. The van der Waals surface area contributed by atoms with E-state index in [0.29, 0.717) is 18.9 Å². The van der Waals surface area contributed by atoms with E-state index in [2.05, 4.69) is 19.2 Å². The Bertz CT molecular complexity index is 300. The monoisotopic (exact) mass is 240 g/mol. The van der Waals surface area contributed by atoms with Gasteiger partial charge in [-0.15, -0.1) is 0 Å². The fourth-order valence-corrected chi connectivity index (χ4v) is 2.33. The van der Waals surface area contributed by atoms with E-state index in [-0.39, 0.29) is 29.8 Å². The minimum Gasteiger partial charge on any atom is -0.343 e. The molecule has 0 radical (unpaired) electrons. The van der Waals surface area contributed by atoms with Crippen LogP contribution in [0, 0.1) is 11.8 Å². The van der Waals surface area contributed by atoms with Crippen LogP contribution in [-0.4, -0.2) is 35.3 Å². The zero-order valence-electron chi connectivity index (χ0n) is 11.5. The Labute approximate surface area is 104 Å². The van der Waals surface area contributed by atoms with Crippen LogP contribution in [-0.2, 0) is 9.59 Å². The van der Waals surface area contributed by atoms with Gasteiger partial charge in [0.15, 0.2) is 0 Å². The molecule has 2 atom stereocenters. The topological polar surface area (TPSA) is 49.4 Å². The molecule has 0 aromatic rings. The lowest BCUT2D eigenvalue weighted by molar-refractivity contribution is -0.151. The van der Waals surface area contributed by atoms with Crippen LogP contribution in [0.25, 0.3) is 0 Å². The quantitative estimate of drug-likeness (QED) is 0.807. The van der Waals surface area contributed by atoms with Gasteiger partial charge >= 0.3 is 0 Å². The molecule has 1 aliphatic heterocycles. The molecule has 2 amide bonds. The molecule has 0 saturated carbocycles. The van der Waals surface area contributed by atoms with Crippen LogP contribution in [0.5, 0.6) is 0 Å². The maximum atomic E-state index is 12.3. The molecule has 4 heteroatoms.